The number of rotatable bonds is 5. The Bertz CT molecular complexity index is 846. The first-order valence-electron chi connectivity index (χ1n) is 7.97. The van der Waals surface area contributed by atoms with E-state index in [1.54, 1.807) is 31.2 Å². The van der Waals surface area contributed by atoms with Crippen molar-refractivity contribution in [2.24, 2.45) is 5.73 Å². The minimum absolute atomic E-state index is 0.273. The summed E-state index contributed by atoms with van der Waals surface area (Å²) in [7, 11) is 0. The van der Waals surface area contributed by atoms with E-state index in [9.17, 15) is 22.8 Å². The summed E-state index contributed by atoms with van der Waals surface area (Å²) in [5.41, 5.74) is 5.83. The Morgan fingerprint density at radius 3 is 2.37 bits per heavy atom. The lowest BCUT2D eigenvalue weighted by atomic mass is 10.1. The number of alkyl halides is 3. The molecule has 0 aliphatic heterocycles. The van der Waals surface area contributed by atoms with Gasteiger partial charge in [0.1, 0.15) is 0 Å². The summed E-state index contributed by atoms with van der Waals surface area (Å²) in [6, 6.07) is 10.4. The number of carbonyl (C=O) groups excluding carboxylic acids is 2. The van der Waals surface area contributed by atoms with Crippen LogP contribution in [0.1, 0.15) is 29.7 Å². The van der Waals surface area contributed by atoms with Crippen LogP contribution in [0.4, 0.5) is 23.7 Å². The van der Waals surface area contributed by atoms with Crippen molar-refractivity contribution in [1.82, 2.24) is 5.32 Å². The standard InChI is InChI=1S/C19H18F3N3O2/c1-12(14-6-8-16(9-7-14)25-18(23)27)24-17(26)10-5-13-3-2-4-15(11-13)19(20,21)22/h2-12H,1H3,(H,24,26)(H3,23,25,27). The SMILES string of the molecule is CC(NC(=O)C=Cc1cccc(C(F)(F)F)c1)c1ccc(NC(N)=O)cc1. The highest BCUT2D eigenvalue weighted by molar-refractivity contribution is 5.92. The van der Waals surface area contributed by atoms with Crippen LogP contribution in [0.5, 0.6) is 0 Å². The molecule has 142 valence electrons. The van der Waals surface area contributed by atoms with Crippen LogP contribution in [0.2, 0.25) is 0 Å². The summed E-state index contributed by atoms with van der Waals surface area (Å²) in [6.45, 7) is 1.76. The minimum Gasteiger partial charge on any atom is -0.351 e. The number of hydrogen-bond donors (Lipinski definition) is 3. The maximum Gasteiger partial charge on any atom is 0.416 e. The lowest BCUT2D eigenvalue weighted by molar-refractivity contribution is -0.137. The Morgan fingerprint density at radius 1 is 1.11 bits per heavy atom. The quantitative estimate of drug-likeness (QED) is 0.686. The predicted molar refractivity (Wildman–Crippen MR) is 96.7 cm³/mol. The summed E-state index contributed by atoms with van der Waals surface area (Å²) in [5.74, 6) is -0.445. The van der Waals surface area contributed by atoms with E-state index in [4.69, 9.17) is 5.73 Å². The number of carbonyl (C=O) groups is 2. The van der Waals surface area contributed by atoms with E-state index in [0.717, 1.165) is 17.7 Å². The third-order valence-electron chi connectivity index (χ3n) is 3.68. The molecule has 1 atom stereocenters. The highest BCUT2D eigenvalue weighted by Crippen LogP contribution is 2.29. The Morgan fingerprint density at radius 2 is 1.78 bits per heavy atom. The third kappa shape index (κ3) is 6.18. The lowest BCUT2D eigenvalue weighted by Crippen LogP contribution is -2.24. The maximum atomic E-state index is 12.7. The summed E-state index contributed by atoms with van der Waals surface area (Å²) < 4.78 is 38.1. The van der Waals surface area contributed by atoms with Crippen LogP contribution in [0.3, 0.4) is 0 Å². The molecule has 2 aromatic rings. The van der Waals surface area contributed by atoms with Gasteiger partial charge in [0.2, 0.25) is 5.91 Å². The van der Waals surface area contributed by atoms with E-state index in [2.05, 4.69) is 10.6 Å². The molecule has 0 aromatic heterocycles. The fourth-order valence-corrected chi connectivity index (χ4v) is 2.33. The number of benzene rings is 2. The van der Waals surface area contributed by atoms with Crippen molar-refractivity contribution in [3.8, 4) is 0 Å². The number of nitrogens with two attached hydrogens (primary N) is 1. The minimum atomic E-state index is -4.43. The van der Waals surface area contributed by atoms with Crippen LogP contribution in [0.25, 0.3) is 6.08 Å². The molecule has 0 aliphatic carbocycles. The summed E-state index contributed by atoms with van der Waals surface area (Å²) in [6.07, 6.45) is -1.94. The molecule has 5 nitrogen and oxygen atoms in total. The molecule has 0 fully saturated rings. The van der Waals surface area contributed by atoms with Crippen LogP contribution < -0.4 is 16.4 Å². The van der Waals surface area contributed by atoms with Gasteiger partial charge in [-0.1, -0.05) is 24.3 Å². The van der Waals surface area contributed by atoms with Crippen molar-refractivity contribution in [3.63, 3.8) is 0 Å². The maximum absolute atomic E-state index is 12.7. The average molecular weight is 377 g/mol. The van der Waals surface area contributed by atoms with Gasteiger partial charge in [0.05, 0.1) is 11.6 Å². The van der Waals surface area contributed by atoms with Crippen LogP contribution in [-0.4, -0.2) is 11.9 Å². The van der Waals surface area contributed by atoms with E-state index >= 15 is 0 Å². The molecule has 1 unspecified atom stereocenters. The van der Waals surface area contributed by atoms with Gasteiger partial charge in [-0.25, -0.2) is 4.79 Å². The van der Waals surface area contributed by atoms with Gasteiger partial charge in [-0.15, -0.1) is 0 Å². The molecule has 3 amide bonds. The number of nitrogens with one attached hydrogen (secondary N) is 2. The van der Waals surface area contributed by atoms with Crippen LogP contribution >= 0.6 is 0 Å². The zero-order valence-electron chi connectivity index (χ0n) is 14.4. The van der Waals surface area contributed by atoms with Crippen molar-refractivity contribution in [1.29, 1.82) is 0 Å². The second kappa shape index (κ2) is 8.39. The van der Waals surface area contributed by atoms with Crippen LogP contribution in [0.15, 0.2) is 54.6 Å². The van der Waals surface area contributed by atoms with E-state index in [0.29, 0.717) is 5.69 Å². The predicted octanol–water partition coefficient (Wildman–Crippen LogP) is 4.09. The molecular weight excluding hydrogens is 359 g/mol. The second-order valence-electron chi connectivity index (χ2n) is 5.80. The van der Waals surface area contributed by atoms with Gasteiger partial charge < -0.3 is 16.4 Å². The highest BCUT2D eigenvalue weighted by atomic mass is 19.4. The summed E-state index contributed by atoms with van der Waals surface area (Å²) in [5, 5.41) is 5.14. The average Bonchev–Trinajstić information content (AvgIpc) is 2.59. The number of anilines is 1. The molecule has 2 rings (SSSR count). The number of primary amides is 1. The first kappa shape index (κ1) is 20.0. The Kier molecular flexibility index (Phi) is 6.23. The third-order valence-corrected chi connectivity index (χ3v) is 3.68. The van der Waals surface area contributed by atoms with E-state index in [1.165, 1.54) is 24.3 Å². The topological polar surface area (TPSA) is 84.2 Å². The molecule has 0 heterocycles. The van der Waals surface area contributed by atoms with Crippen molar-refractivity contribution < 1.29 is 22.8 Å². The molecule has 0 radical (unpaired) electrons. The Hall–Kier alpha value is -3.29. The fourth-order valence-electron chi connectivity index (χ4n) is 2.33. The van der Waals surface area contributed by atoms with Crippen molar-refractivity contribution >= 4 is 23.7 Å². The molecule has 4 N–H and O–H groups in total. The zero-order chi connectivity index (χ0) is 20.0. The molecule has 0 saturated carbocycles. The number of urea groups is 1. The smallest absolute Gasteiger partial charge is 0.351 e. The zero-order valence-corrected chi connectivity index (χ0v) is 14.4. The molecular formula is C19H18F3N3O2. The van der Waals surface area contributed by atoms with Crippen molar-refractivity contribution in [2.45, 2.75) is 19.1 Å². The van der Waals surface area contributed by atoms with Crippen LogP contribution in [0, 0.1) is 0 Å². The Balaban J connectivity index is 1.98. The number of halogens is 3. The largest absolute Gasteiger partial charge is 0.416 e. The van der Waals surface area contributed by atoms with Gasteiger partial charge in [-0.2, -0.15) is 13.2 Å². The fraction of sp³-hybridized carbons (Fsp3) is 0.158. The van der Waals surface area contributed by atoms with E-state index in [-0.39, 0.29) is 11.6 Å². The van der Waals surface area contributed by atoms with Gasteiger partial charge in [0.15, 0.2) is 0 Å². The molecule has 27 heavy (non-hydrogen) atoms. The van der Waals surface area contributed by atoms with E-state index in [1.807, 2.05) is 0 Å². The van der Waals surface area contributed by atoms with Crippen molar-refractivity contribution in [3.05, 3.63) is 71.3 Å². The monoisotopic (exact) mass is 377 g/mol. The number of amides is 3. The molecule has 8 heteroatoms. The first-order valence-corrected chi connectivity index (χ1v) is 7.97. The van der Waals surface area contributed by atoms with Gasteiger partial charge in [-0.3, -0.25) is 4.79 Å². The number of hydrogen-bond acceptors (Lipinski definition) is 2. The Labute approximate surface area is 154 Å². The van der Waals surface area contributed by atoms with Gasteiger partial charge >= 0.3 is 12.2 Å². The van der Waals surface area contributed by atoms with Gasteiger partial charge in [-0.05, 0) is 48.4 Å². The molecule has 0 aliphatic rings. The molecule has 0 bridgehead atoms. The van der Waals surface area contributed by atoms with Gasteiger partial charge in [0, 0.05) is 11.8 Å². The van der Waals surface area contributed by atoms with Crippen LogP contribution in [-0.2, 0) is 11.0 Å². The highest BCUT2D eigenvalue weighted by Gasteiger charge is 2.30. The second-order valence-corrected chi connectivity index (χ2v) is 5.80. The van der Waals surface area contributed by atoms with Crippen molar-refractivity contribution in [2.75, 3.05) is 5.32 Å². The van der Waals surface area contributed by atoms with E-state index < -0.39 is 23.7 Å². The molecule has 2 aromatic carbocycles. The summed E-state index contributed by atoms with van der Waals surface area (Å²) >= 11 is 0. The lowest BCUT2D eigenvalue weighted by Gasteiger charge is -2.13. The van der Waals surface area contributed by atoms with Gasteiger partial charge in [0.25, 0.3) is 0 Å². The summed E-state index contributed by atoms with van der Waals surface area (Å²) in [4.78, 5) is 22.8. The molecule has 0 saturated heterocycles. The molecule has 0 spiro atoms. The first-order chi connectivity index (χ1) is 12.6. The normalized spacial score (nSPS) is 12.6.